The summed E-state index contributed by atoms with van der Waals surface area (Å²) in [7, 11) is 0. The Morgan fingerprint density at radius 3 is 2.75 bits per heavy atom. The lowest BCUT2D eigenvalue weighted by atomic mass is 10.2. The highest BCUT2D eigenvalue weighted by atomic mass is 35.5. The Morgan fingerprint density at radius 2 is 2.05 bits per heavy atom. The zero-order valence-electron chi connectivity index (χ0n) is 11.2. The predicted molar refractivity (Wildman–Crippen MR) is 78.8 cm³/mol. The average Bonchev–Trinajstić information content (AvgIpc) is 3.17. The largest absolute Gasteiger partial charge is 0.451 e. The van der Waals surface area contributed by atoms with Crippen molar-refractivity contribution in [2.45, 2.75) is 25.8 Å². The van der Waals surface area contributed by atoms with E-state index in [1.165, 1.54) is 12.8 Å². The fourth-order valence-corrected chi connectivity index (χ4v) is 2.49. The SMILES string of the molecule is C[C@H](NC(=O)c1ccc(-c2ccccc2Cl)o1)C1CC1. The molecule has 1 aromatic carbocycles. The van der Waals surface area contributed by atoms with Gasteiger partial charge in [-0.05, 0) is 49.9 Å². The van der Waals surface area contributed by atoms with Crippen LogP contribution in [0.3, 0.4) is 0 Å². The summed E-state index contributed by atoms with van der Waals surface area (Å²) >= 11 is 6.12. The fourth-order valence-electron chi connectivity index (χ4n) is 2.26. The maximum atomic E-state index is 12.1. The summed E-state index contributed by atoms with van der Waals surface area (Å²) in [5.41, 5.74) is 0.795. The van der Waals surface area contributed by atoms with Gasteiger partial charge in [0.05, 0.1) is 5.02 Å². The molecule has 3 rings (SSSR count). The van der Waals surface area contributed by atoms with E-state index in [0.29, 0.717) is 22.5 Å². The van der Waals surface area contributed by atoms with Crippen LogP contribution in [0.5, 0.6) is 0 Å². The topological polar surface area (TPSA) is 42.2 Å². The quantitative estimate of drug-likeness (QED) is 0.919. The van der Waals surface area contributed by atoms with Crippen LogP contribution in [-0.4, -0.2) is 11.9 Å². The van der Waals surface area contributed by atoms with E-state index in [0.717, 1.165) is 5.56 Å². The Hall–Kier alpha value is -1.74. The molecule has 1 fully saturated rings. The molecule has 1 heterocycles. The van der Waals surface area contributed by atoms with Crippen LogP contribution in [0, 0.1) is 5.92 Å². The van der Waals surface area contributed by atoms with Gasteiger partial charge >= 0.3 is 0 Å². The van der Waals surface area contributed by atoms with E-state index in [-0.39, 0.29) is 11.9 Å². The molecular weight excluding hydrogens is 274 g/mol. The fraction of sp³-hybridized carbons (Fsp3) is 0.312. The molecule has 4 heteroatoms. The lowest BCUT2D eigenvalue weighted by molar-refractivity contribution is 0.0908. The molecule has 1 N–H and O–H groups in total. The molecule has 2 aromatic rings. The van der Waals surface area contributed by atoms with E-state index in [9.17, 15) is 4.79 Å². The summed E-state index contributed by atoms with van der Waals surface area (Å²) in [5, 5.41) is 3.58. The number of amides is 1. The summed E-state index contributed by atoms with van der Waals surface area (Å²) in [6.45, 7) is 2.04. The molecule has 1 amide bonds. The zero-order chi connectivity index (χ0) is 14.1. The molecule has 0 radical (unpaired) electrons. The first-order valence-corrected chi connectivity index (χ1v) is 7.18. The summed E-state index contributed by atoms with van der Waals surface area (Å²) in [6.07, 6.45) is 2.40. The molecule has 1 aliphatic carbocycles. The van der Waals surface area contributed by atoms with Crippen LogP contribution in [0.1, 0.15) is 30.3 Å². The van der Waals surface area contributed by atoms with Gasteiger partial charge in [-0.15, -0.1) is 0 Å². The van der Waals surface area contributed by atoms with Gasteiger partial charge in [0, 0.05) is 11.6 Å². The van der Waals surface area contributed by atoms with Crippen molar-refractivity contribution in [3.05, 3.63) is 47.2 Å². The molecule has 0 unspecified atom stereocenters. The Labute approximate surface area is 122 Å². The molecule has 0 bridgehead atoms. The van der Waals surface area contributed by atoms with Crippen LogP contribution in [0.2, 0.25) is 5.02 Å². The monoisotopic (exact) mass is 289 g/mol. The molecule has 1 atom stereocenters. The number of furan rings is 1. The van der Waals surface area contributed by atoms with Crippen molar-refractivity contribution >= 4 is 17.5 Å². The minimum atomic E-state index is -0.164. The Morgan fingerprint density at radius 1 is 1.30 bits per heavy atom. The first kappa shape index (κ1) is 13.3. The minimum absolute atomic E-state index is 0.164. The molecule has 1 aliphatic rings. The summed E-state index contributed by atoms with van der Waals surface area (Å²) in [4.78, 5) is 12.1. The van der Waals surface area contributed by atoms with E-state index in [4.69, 9.17) is 16.0 Å². The number of hydrogen-bond acceptors (Lipinski definition) is 2. The number of carbonyl (C=O) groups excluding carboxylic acids is 1. The van der Waals surface area contributed by atoms with E-state index in [1.807, 2.05) is 25.1 Å². The van der Waals surface area contributed by atoms with Gasteiger partial charge in [-0.25, -0.2) is 0 Å². The molecule has 20 heavy (non-hydrogen) atoms. The van der Waals surface area contributed by atoms with Crippen molar-refractivity contribution in [3.63, 3.8) is 0 Å². The maximum Gasteiger partial charge on any atom is 0.287 e. The molecule has 0 saturated heterocycles. The number of carbonyl (C=O) groups is 1. The lowest BCUT2D eigenvalue weighted by Gasteiger charge is -2.10. The highest BCUT2D eigenvalue weighted by Gasteiger charge is 2.29. The van der Waals surface area contributed by atoms with Crippen molar-refractivity contribution in [2.24, 2.45) is 5.92 Å². The van der Waals surface area contributed by atoms with E-state index < -0.39 is 0 Å². The zero-order valence-corrected chi connectivity index (χ0v) is 12.0. The number of nitrogens with one attached hydrogen (secondary N) is 1. The van der Waals surface area contributed by atoms with Crippen molar-refractivity contribution in [2.75, 3.05) is 0 Å². The highest BCUT2D eigenvalue weighted by molar-refractivity contribution is 6.33. The third-order valence-corrected chi connectivity index (χ3v) is 3.99. The number of halogens is 1. The van der Waals surface area contributed by atoms with Gasteiger partial charge in [0.2, 0.25) is 0 Å². The smallest absolute Gasteiger partial charge is 0.287 e. The number of hydrogen-bond donors (Lipinski definition) is 1. The number of rotatable bonds is 4. The van der Waals surface area contributed by atoms with Crippen LogP contribution in [0.25, 0.3) is 11.3 Å². The lowest BCUT2D eigenvalue weighted by Crippen LogP contribution is -2.33. The van der Waals surface area contributed by atoms with Crippen molar-refractivity contribution in [1.82, 2.24) is 5.32 Å². The van der Waals surface area contributed by atoms with Crippen molar-refractivity contribution in [3.8, 4) is 11.3 Å². The summed E-state index contributed by atoms with van der Waals surface area (Å²) < 4.78 is 5.62. The average molecular weight is 290 g/mol. The van der Waals surface area contributed by atoms with E-state index in [1.54, 1.807) is 18.2 Å². The summed E-state index contributed by atoms with van der Waals surface area (Å²) in [5.74, 6) is 1.40. The van der Waals surface area contributed by atoms with Crippen LogP contribution in [0.15, 0.2) is 40.8 Å². The second-order valence-electron chi connectivity index (χ2n) is 5.24. The molecule has 1 saturated carbocycles. The van der Waals surface area contributed by atoms with Crippen LogP contribution in [-0.2, 0) is 0 Å². The van der Waals surface area contributed by atoms with E-state index >= 15 is 0 Å². The van der Waals surface area contributed by atoms with Gasteiger partial charge in [0.1, 0.15) is 5.76 Å². The van der Waals surface area contributed by atoms with Gasteiger partial charge in [-0.3, -0.25) is 4.79 Å². The van der Waals surface area contributed by atoms with Crippen LogP contribution >= 0.6 is 11.6 Å². The van der Waals surface area contributed by atoms with Crippen LogP contribution in [0.4, 0.5) is 0 Å². The molecule has 0 aliphatic heterocycles. The van der Waals surface area contributed by atoms with Gasteiger partial charge in [0.25, 0.3) is 5.91 Å². The Bertz CT molecular complexity index is 631. The Kier molecular flexibility index (Phi) is 3.53. The highest BCUT2D eigenvalue weighted by Crippen LogP contribution is 2.33. The van der Waals surface area contributed by atoms with Crippen LogP contribution < -0.4 is 5.32 Å². The molecule has 104 valence electrons. The van der Waals surface area contributed by atoms with E-state index in [2.05, 4.69) is 5.32 Å². The molecular formula is C16H16ClNO2. The maximum absolute atomic E-state index is 12.1. The van der Waals surface area contributed by atoms with Gasteiger partial charge in [0.15, 0.2) is 5.76 Å². The van der Waals surface area contributed by atoms with Gasteiger partial charge in [-0.1, -0.05) is 23.7 Å². The second-order valence-corrected chi connectivity index (χ2v) is 5.65. The second kappa shape index (κ2) is 5.33. The van der Waals surface area contributed by atoms with Crippen molar-refractivity contribution < 1.29 is 9.21 Å². The minimum Gasteiger partial charge on any atom is -0.451 e. The standard InChI is InChI=1S/C16H16ClNO2/c1-10(11-6-7-11)18-16(19)15-9-8-14(20-15)12-4-2-3-5-13(12)17/h2-5,8-11H,6-7H2,1H3,(H,18,19)/t10-/m0/s1. The summed E-state index contributed by atoms with van der Waals surface area (Å²) in [6, 6.07) is 11.1. The first-order chi connectivity index (χ1) is 9.65. The predicted octanol–water partition coefficient (Wildman–Crippen LogP) is 4.13. The van der Waals surface area contributed by atoms with Gasteiger partial charge in [-0.2, -0.15) is 0 Å². The molecule has 0 spiro atoms. The third-order valence-electron chi connectivity index (χ3n) is 3.66. The first-order valence-electron chi connectivity index (χ1n) is 6.81. The Balaban J connectivity index is 1.76. The van der Waals surface area contributed by atoms with Crippen molar-refractivity contribution in [1.29, 1.82) is 0 Å². The number of benzene rings is 1. The molecule has 1 aromatic heterocycles. The molecule has 3 nitrogen and oxygen atoms in total. The van der Waals surface area contributed by atoms with Gasteiger partial charge < -0.3 is 9.73 Å². The normalized spacial score (nSPS) is 15.9. The third kappa shape index (κ3) is 2.73.